The zero-order chi connectivity index (χ0) is 13.7. The molecule has 0 amide bonds. The number of hydrogen-bond donors (Lipinski definition) is 2. The number of carboxylic acid groups (broad SMARTS) is 1. The highest BCUT2D eigenvalue weighted by atomic mass is 32.2. The second-order valence-electron chi connectivity index (χ2n) is 3.63. The minimum Gasteiger partial charge on any atom is -0.480 e. The van der Waals surface area contributed by atoms with Crippen molar-refractivity contribution in [3.05, 3.63) is 23.2 Å². The molecule has 0 aromatic carbocycles. The number of aliphatic carboxylic acids is 1. The van der Waals surface area contributed by atoms with E-state index in [2.05, 4.69) is 4.74 Å². The first-order valence-electron chi connectivity index (χ1n) is 5.19. The molecule has 1 atom stereocenters. The molecule has 0 spiro atoms. The van der Waals surface area contributed by atoms with Gasteiger partial charge in [-0.15, -0.1) is 0 Å². The van der Waals surface area contributed by atoms with Crippen molar-refractivity contribution in [2.75, 3.05) is 12.9 Å². The summed E-state index contributed by atoms with van der Waals surface area (Å²) in [6.45, 7) is 1.67. The third kappa shape index (κ3) is 3.78. The van der Waals surface area contributed by atoms with E-state index in [0.29, 0.717) is 22.8 Å². The number of esters is 1. The fraction of sp³-hybridized carbons (Fsp3) is 0.455. The minimum atomic E-state index is -1.03. The minimum absolute atomic E-state index is 0.280. The molecule has 1 aromatic heterocycles. The van der Waals surface area contributed by atoms with Gasteiger partial charge in [-0.05, 0) is 13.0 Å². The number of carbonyl (C=O) groups is 2. The molecule has 1 aromatic rings. The Balaban J connectivity index is 2.54. The molecule has 7 heteroatoms. The zero-order valence-corrected chi connectivity index (χ0v) is 11.0. The molecule has 6 nitrogen and oxygen atoms in total. The molecule has 0 fully saturated rings. The number of thioether (sulfide) groups is 1. The largest absolute Gasteiger partial charge is 0.480 e. The second kappa shape index (κ2) is 6.46. The van der Waals surface area contributed by atoms with Gasteiger partial charge in [-0.25, -0.2) is 4.79 Å². The molecular formula is C11H15NO5S. The summed E-state index contributed by atoms with van der Waals surface area (Å²) in [5, 5.41) is 8.61. The Bertz CT molecular complexity index is 443. The van der Waals surface area contributed by atoms with Crippen molar-refractivity contribution in [2.24, 2.45) is 5.73 Å². The number of carboxylic acids is 1. The van der Waals surface area contributed by atoms with Crippen LogP contribution < -0.4 is 5.73 Å². The molecule has 0 aliphatic rings. The van der Waals surface area contributed by atoms with E-state index >= 15 is 0 Å². The van der Waals surface area contributed by atoms with E-state index in [-0.39, 0.29) is 5.75 Å². The lowest BCUT2D eigenvalue weighted by atomic mass is 10.2. The summed E-state index contributed by atoms with van der Waals surface area (Å²) in [7, 11) is 1.30. The number of hydrogen-bond acceptors (Lipinski definition) is 6. The molecule has 100 valence electrons. The Morgan fingerprint density at radius 2 is 2.28 bits per heavy atom. The zero-order valence-electron chi connectivity index (χ0n) is 10.1. The molecule has 18 heavy (non-hydrogen) atoms. The monoisotopic (exact) mass is 273 g/mol. The van der Waals surface area contributed by atoms with Crippen molar-refractivity contribution in [3.63, 3.8) is 0 Å². The van der Waals surface area contributed by atoms with Crippen molar-refractivity contribution in [1.82, 2.24) is 0 Å². The summed E-state index contributed by atoms with van der Waals surface area (Å²) in [4.78, 5) is 21.8. The smallest absolute Gasteiger partial charge is 0.341 e. The van der Waals surface area contributed by atoms with Crippen molar-refractivity contribution >= 4 is 23.7 Å². The number of nitrogens with two attached hydrogens (primary N) is 1. The highest BCUT2D eigenvalue weighted by molar-refractivity contribution is 7.98. The van der Waals surface area contributed by atoms with Gasteiger partial charge in [-0.3, -0.25) is 4.79 Å². The van der Waals surface area contributed by atoms with Crippen LogP contribution in [0.3, 0.4) is 0 Å². The van der Waals surface area contributed by atoms with Gasteiger partial charge < -0.3 is 20.0 Å². The van der Waals surface area contributed by atoms with E-state index in [4.69, 9.17) is 15.3 Å². The normalized spacial score (nSPS) is 12.2. The summed E-state index contributed by atoms with van der Waals surface area (Å²) in [6, 6.07) is 0.701. The van der Waals surface area contributed by atoms with E-state index in [9.17, 15) is 9.59 Å². The van der Waals surface area contributed by atoms with Crippen LogP contribution in [0.2, 0.25) is 0 Å². The van der Waals surface area contributed by atoms with Gasteiger partial charge in [0.05, 0.1) is 12.9 Å². The molecule has 0 radical (unpaired) electrons. The highest BCUT2D eigenvalue weighted by Gasteiger charge is 2.16. The van der Waals surface area contributed by atoms with Crippen molar-refractivity contribution in [2.45, 2.75) is 18.7 Å². The van der Waals surface area contributed by atoms with Crippen LogP contribution >= 0.6 is 11.8 Å². The van der Waals surface area contributed by atoms with Gasteiger partial charge in [0, 0.05) is 5.75 Å². The number of ether oxygens (including phenoxy) is 1. The Kier molecular flexibility index (Phi) is 5.24. The summed E-state index contributed by atoms with van der Waals surface area (Å²) in [5.74, 6) is 0.333. The van der Waals surface area contributed by atoms with E-state index in [1.807, 2.05) is 0 Å². The maximum atomic E-state index is 11.3. The maximum Gasteiger partial charge on any atom is 0.341 e. The average molecular weight is 273 g/mol. The third-order valence-electron chi connectivity index (χ3n) is 2.23. The second-order valence-corrected chi connectivity index (χ2v) is 4.66. The number of aryl methyl sites for hydroxylation is 1. The molecular weight excluding hydrogens is 258 g/mol. The number of furan rings is 1. The molecule has 0 unspecified atom stereocenters. The molecule has 1 heterocycles. The van der Waals surface area contributed by atoms with Crippen LogP contribution in [0.4, 0.5) is 0 Å². The molecule has 0 saturated carbocycles. The van der Waals surface area contributed by atoms with Gasteiger partial charge in [0.15, 0.2) is 0 Å². The molecule has 0 aliphatic heterocycles. The van der Waals surface area contributed by atoms with Crippen LogP contribution in [0.15, 0.2) is 10.5 Å². The Morgan fingerprint density at radius 1 is 1.61 bits per heavy atom. The van der Waals surface area contributed by atoms with Gasteiger partial charge >= 0.3 is 11.9 Å². The molecule has 0 bridgehead atoms. The lowest BCUT2D eigenvalue weighted by Crippen LogP contribution is -2.32. The molecule has 1 rings (SSSR count). The first kappa shape index (κ1) is 14.6. The highest BCUT2D eigenvalue weighted by Crippen LogP contribution is 2.20. The molecule has 3 N–H and O–H groups in total. The van der Waals surface area contributed by atoms with Crippen LogP contribution in [0.25, 0.3) is 0 Å². The van der Waals surface area contributed by atoms with Crippen LogP contribution in [0.1, 0.15) is 21.9 Å². The Morgan fingerprint density at radius 3 is 2.83 bits per heavy atom. The van der Waals surface area contributed by atoms with Gasteiger partial charge in [0.1, 0.15) is 23.1 Å². The number of rotatable bonds is 6. The van der Waals surface area contributed by atoms with E-state index in [1.165, 1.54) is 18.9 Å². The van der Waals surface area contributed by atoms with E-state index in [0.717, 1.165) is 0 Å². The van der Waals surface area contributed by atoms with Crippen molar-refractivity contribution in [1.29, 1.82) is 0 Å². The van der Waals surface area contributed by atoms with Gasteiger partial charge in [0.25, 0.3) is 0 Å². The lowest BCUT2D eigenvalue weighted by Gasteiger charge is -2.03. The SMILES string of the molecule is COC(=O)c1cc(CSC[C@H](N)C(=O)O)oc1C. The predicted octanol–water partition coefficient (Wildman–Crippen LogP) is 1.02. The summed E-state index contributed by atoms with van der Waals surface area (Å²) < 4.78 is 9.97. The third-order valence-corrected chi connectivity index (χ3v) is 3.32. The maximum absolute atomic E-state index is 11.3. The molecule has 0 saturated heterocycles. The Hall–Kier alpha value is -1.47. The Labute approximate surface area is 108 Å². The van der Waals surface area contributed by atoms with Gasteiger partial charge in [0.2, 0.25) is 0 Å². The fourth-order valence-corrected chi connectivity index (χ4v) is 2.14. The van der Waals surface area contributed by atoms with E-state index in [1.54, 1.807) is 13.0 Å². The van der Waals surface area contributed by atoms with Crippen LogP contribution in [0, 0.1) is 6.92 Å². The topological polar surface area (TPSA) is 103 Å². The van der Waals surface area contributed by atoms with Crippen LogP contribution in [-0.4, -0.2) is 35.9 Å². The van der Waals surface area contributed by atoms with Gasteiger partial charge in [-0.2, -0.15) is 11.8 Å². The quantitative estimate of drug-likeness (QED) is 0.746. The van der Waals surface area contributed by atoms with E-state index < -0.39 is 18.0 Å². The predicted molar refractivity (Wildman–Crippen MR) is 66.6 cm³/mol. The fourth-order valence-electron chi connectivity index (χ4n) is 1.29. The summed E-state index contributed by atoms with van der Waals surface area (Å²) in [5.41, 5.74) is 5.75. The summed E-state index contributed by atoms with van der Waals surface area (Å²) >= 11 is 1.33. The first-order chi connectivity index (χ1) is 8.45. The molecule has 0 aliphatic carbocycles. The number of carbonyl (C=O) groups excluding carboxylic acids is 1. The van der Waals surface area contributed by atoms with Crippen LogP contribution in [-0.2, 0) is 15.3 Å². The number of methoxy groups -OCH3 is 1. The average Bonchev–Trinajstić information content (AvgIpc) is 2.69. The van der Waals surface area contributed by atoms with Gasteiger partial charge in [-0.1, -0.05) is 0 Å². The summed E-state index contributed by atoms with van der Waals surface area (Å²) in [6.07, 6.45) is 0. The lowest BCUT2D eigenvalue weighted by molar-refractivity contribution is -0.137. The van der Waals surface area contributed by atoms with Crippen molar-refractivity contribution in [3.8, 4) is 0 Å². The van der Waals surface area contributed by atoms with Crippen LogP contribution in [0.5, 0.6) is 0 Å². The first-order valence-corrected chi connectivity index (χ1v) is 6.35. The standard InChI is InChI=1S/C11H15NO5S/c1-6-8(11(15)16-2)3-7(17-6)4-18-5-9(12)10(13)14/h3,9H,4-5,12H2,1-2H3,(H,13,14)/t9-/m0/s1. The van der Waals surface area contributed by atoms with Crippen molar-refractivity contribution < 1.29 is 23.8 Å².